The maximum Gasteiger partial charge on any atom is 0.255 e. The van der Waals surface area contributed by atoms with Crippen molar-refractivity contribution in [1.29, 1.82) is 0 Å². The van der Waals surface area contributed by atoms with Crippen LogP contribution in [0, 0.1) is 0 Å². The molecule has 0 bridgehead atoms. The Morgan fingerprint density at radius 3 is 2.87 bits per heavy atom. The van der Waals surface area contributed by atoms with E-state index in [1.54, 1.807) is 24.3 Å². The van der Waals surface area contributed by atoms with Gasteiger partial charge >= 0.3 is 0 Å². The van der Waals surface area contributed by atoms with Crippen LogP contribution in [-0.4, -0.2) is 74.6 Å². The highest BCUT2D eigenvalue weighted by Crippen LogP contribution is 2.31. The Balaban J connectivity index is 1.05. The summed E-state index contributed by atoms with van der Waals surface area (Å²) in [4.78, 5) is 44.7. The molecule has 3 aliphatic rings. The van der Waals surface area contributed by atoms with Gasteiger partial charge in [-0.25, -0.2) is 9.67 Å². The van der Waals surface area contributed by atoms with E-state index in [0.717, 1.165) is 42.9 Å². The van der Waals surface area contributed by atoms with E-state index in [2.05, 4.69) is 20.3 Å². The second-order valence-corrected chi connectivity index (χ2v) is 9.83. The van der Waals surface area contributed by atoms with Crippen LogP contribution in [-0.2, 0) is 22.7 Å². The third-order valence-electron chi connectivity index (χ3n) is 7.26. The maximum absolute atomic E-state index is 12.9. The van der Waals surface area contributed by atoms with Gasteiger partial charge in [0.2, 0.25) is 17.7 Å². The fraction of sp³-hybridized carbons (Fsp3) is 0.370. The Morgan fingerprint density at radius 1 is 1.13 bits per heavy atom. The number of nitrogens with zero attached hydrogens (tertiary/aromatic N) is 5. The minimum Gasteiger partial charge on any atom is -0.489 e. The van der Waals surface area contributed by atoms with Gasteiger partial charge in [-0.1, -0.05) is 0 Å². The minimum atomic E-state index is -0.620. The average Bonchev–Trinajstić information content (AvgIpc) is 3.64. The van der Waals surface area contributed by atoms with E-state index in [1.165, 1.54) is 0 Å². The van der Waals surface area contributed by atoms with E-state index < -0.39 is 11.9 Å². The van der Waals surface area contributed by atoms with Crippen LogP contribution >= 0.6 is 0 Å². The number of hydrogen-bond donors (Lipinski definition) is 1. The molecule has 1 N–H and O–H groups in total. The van der Waals surface area contributed by atoms with E-state index in [1.807, 2.05) is 41.3 Å². The van der Waals surface area contributed by atoms with Gasteiger partial charge in [0.15, 0.2) is 0 Å². The van der Waals surface area contributed by atoms with Crippen LogP contribution in [0.3, 0.4) is 0 Å². The lowest BCUT2D eigenvalue weighted by Gasteiger charge is -2.29. The summed E-state index contributed by atoms with van der Waals surface area (Å²) in [5.74, 6) is 0.376. The van der Waals surface area contributed by atoms with E-state index in [0.29, 0.717) is 30.2 Å². The number of benzene rings is 1. The number of fused-ring (bicyclic) bond motifs is 1. The molecule has 196 valence electrons. The van der Waals surface area contributed by atoms with E-state index in [9.17, 15) is 14.4 Å². The molecule has 5 heterocycles. The lowest BCUT2D eigenvalue weighted by Crippen LogP contribution is -2.52. The molecule has 0 spiro atoms. The summed E-state index contributed by atoms with van der Waals surface area (Å²) in [6.07, 6.45) is 7.09. The highest BCUT2D eigenvalue weighted by Gasteiger charge is 2.39. The van der Waals surface area contributed by atoms with Gasteiger partial charge in [-0.3, -0.25) is 24.6 Å². The molecule has 3 aliphatic heterocycles. The molecule has 11 heteroatoms. The first-order valence-electron chi connectivity index (χ1n) is 12.7. The number of aromatic nitrogens is 3. The van der Waals surface area contributed by atoms with Crippen molar-refractivity contribution in [3.05, 3.63) is 65.6 Å². The Labute approximate surface area is 219 Å². The largest absolute Gasteiger partial charge is 0.489 e. The molecule has 38 heavy (non-hydrogen) atoms. The Hall–Kier alpha value is -4.25. The lowest BCUT2D eigenvalue weighted by molar-refractivity contribution is -0.136. The Morgan fingerprint density at radius 2 is 2.03 bits per heavy atom. The van der Waals surface area contributed by atoms with Gasteiger partial charge in [0, 0.05) is 62.2 Å². The number of ether oxygens (including phenoxy) is 2. The summed E-state index contributed by atoms with van der Waals surface area (Å²) in [5, 5.41) is 6.82. The lowest BCUT2D eigenvalue weighted by atomic mass is 10.0. The summed E-state index contributed by atoms with van der Waals surface area (Å²) in [6, 6.07) is 8.59. The molecule has 2 aromatic heterocycles. The minimum absolute atomic E-state index is 0.0379. The number of pyridine rings is 1. The molecule has 2 fully saturated rings. The van der Waals surface area contributed by atoms with Crippen LogP contribution < -0.4 is 14.8 Å². The zero-order valence-electron chi connectivity index (χ0n) is 21.0. The average molecular weight is 517 g/mol. The van der Waals surface area contributed by atoms with Gasteiger partial charge in [-0.05, 0) is 42.7 Å². The smallest absolute Gasteiger partial charge is 0.255 e. The zero-order chi connectivity index (χ0) is 26.2. The SMILES string of the molecule is COc1cc(-n2cc(CN3CC[C@H](Oc4ccc5c(c4)CN(C4CCC(=O)NC4=O)C5=O)C3)cn2)ccn1. The molecule has 1 unspecified atom stereocenters. The molecular formula is C27H28N6O5. The topological polar surface area (TPSA) is 119 Å². The van der Waals surface area contributed by atoms with Crippen molar-refractivity contribution in [3.63, 3.8) is 0 Å². The first-order chi connectivity index (χ1) is 18.5. The van der Waals surface area contributed by atoms with Crippen LogP contribution in [0.25, 0.3) is 5.69 Å². The van der Waals surface area contributed by atoms with Crippen molar-refractivity contribution in [1.82, 2.24) is 29.9 Å². The predicted molar refractivity (Wildman–Crippen MR) is 135 cm³/mol. The number of carbonyl (C=O) groups excluding carboxylic acids is 3. The van der Waals surface area contributed by atoms with Gasteiger partial charge in [0.25, 0.3) is 5.91 Å². The summed E-state index contributed by atoms with van der Waals surface area (Å²) >= 11 is 0. The second kappa shape index (κ2) is 9.90. The van der Waals surface area contributed by atoms with E-state index in [4.69, 9.17) is 9.47 Å². The molecule has 2 saturated heterocycles. The number of amides is 3. The fourth-order valence-corrected chi connectivity index (χ4v) is 5.35. The van der Waals surface area contributed by atoms with E-state index >= 15 is 0 Å². The fourth-order valence-electron chi connectivity index (χ4n) is 5.35. The third kappa shape index (κ3) is 4.72. The number of nitrogens with one attached hydrogen (secondary N) is 1. The van der Waals surface area contributed by atoms with Crippen molar-refractivity contribution in [2.24, 2.45) is 0 Å². The normalized spacial score (nSPS) is 21.5. The van der Waals surface area contributed by atoms with Gasteiger partial charge < -0.3 is 14.4 Å². The maximum atomic E-state index is 12.9. The number of hydrogen-bond acceptors (Lipinski definition) is 8. The predicted octanol–water partition coefficient (Wildman–Crippen LogP) is 1.69. The number of methoxy groups -OCH3 is 1. The molecule has 0 radical (unpaired) electrons. The highest BCUT2D eigenvalue weighted by molar-refractivity contribution is 6.05. The first-order valence-corrected chi connectivity index (χ1v) is 12.7. The summed E-state index contributed by atoms with van der Waals surface area (Å²) in [5.41, 5.74) is 3.41. The van der Waals surface area contributed by atoms with E-state index in [-0.39, 0.29) is 24.3 Å². The Kier molecular flexibility index (Phi) is 6.28. The molecule has 3 amide bonds. The molecule has 0 saturated carbocycles. The Bertz CT molecular complexity index is 1400. The highest BCUT2D eigenvalue weighted by atomic mass is 16.5. The molecule has 6 rings (SSSR count). The molecular weight excluding hydrogens is 488 g/mol. The van der Waals surface area contributed by atoms with Gasteiger partial charge in [0.05, 0.1) is 19.0 Å². The number of imide groups is 1. The van der Waals surface area contributed by atoms with Gasteiger partial charge in [-0.15, -0.1) is 0 Å². The van der Waals surface area contributed by atoms with Crippen molar-refractivity contribution >= 4 is 17.7 Å². The van der Waals surface area contributed by atoms with Gasteiger partial charge in [0.1, 0.15) is 17.9 Å². The van der Waals surface area contributed by atoms with Crippen molar-refractivity contribution in [2.75, 3.05) is 20.2 Å². The third-order valence-corrected chi connectivity index (χ3v) is 7.26. The van der Waals surface area contributed by atoms with Crippen molar-refractivity contribution in [2.45, 2.75) is 44.5 Å². The van der Waals surface area contributed by atoms with Crippen LogP contribution in [0.1, 0.15) is 40.7 Å². The van der Waals surface area contributed by atoms with Crippen LogP contribution in [0.15, 0.2) is 48.9 Å². The first kappa shape index (κ1) is 24.1. The van der Waals surface area contributed by atoms with Crippen LogP contribution in [0.2, 0.25) is 0 Å². The zero-order valence-corrected chi connectivity index (χ0v) is 21.0. The molecule has 11 nitrogen and oxygen atoms in total. The standard InChI is InChI=1S/C27H28N6O5/c1-37-25-11-19(6-8-28-25)33-14-17(12-29-33)13-31-9-7-21(16-31)38-20-2-3-22-18(10-20)15-32(27(22)36)23-4-5-24(34)30-26(23)35/h2-3,6,8,10-12,14,21,23H,4-5,7,9,13,15-16H2,1H3,(H,30,34,35)/t21-,23?/m0/s1. The van der Waals surface area contributed by atoms with Crippen LogP contribution in [0.5, 0.6) is 11.6 Å². The van der Waals surface area contributed by atoms with Crippen LogP contribution in [0.4, 0.5) is 0 Å². The number of carbonyl (C=O) groups is 3. The molecule has 1 aromatic carbocycles. The molecule has 3 aromatic rings. The molecule has 2 atom stereocenters. The number of rotatable bonds is 7. The summed E-state index contributed by atoms with van der Waals surface area (Å²) < 4.78 is 13.3. The van der Waals surface area contributed by atoms with Crippen molar-refractivity contribution < 1.29 is 23.9 Å². The monoisotopic (exact) mass is 516 g/mol. The summed E-state index contributed by atoms with van der Waals surface area (Å²) in [7, 11) is 1.59. The second-order valence-electron chi connectivity index (χ2n) is 9.83. The number of likely N-dealkylation sites (tertiary alicyclic amines) is 1. The quantitative estimate of drug-likeness (QED) is 0.472. The van der Waals surface area contributed by atoms with Crippen molar-refractivity contribution in [3.8, 4) is 17.3 Å². The molecule has 0 aliphatic carbocycles. The number of piperidine rings is 1. The summed E-state index contributed by atoms with van der Waals surface area (Å²) in [6.45, 7) is 2.79. The van der Waals surface area contributed by atoms with Gasteiger partial charge in [-0.2, -0.15) is 5.10 Å².